The van der Waals surface area contributed by atoms with Crippen molar-refractivity contribution in [1.29, 1.82) is 0 Å². The van der Waals surface area contributed by atoms with Crippen molar-refractivity contribution in [2.75, 3.05) is 38.1 Å². The molecule has 0 saturated carbocycles. The summed E-state index contributed by atoms with van der Waals surface area (Å²) in [5.41, 5.74) is 1.57. The number of nitrogens with zero attached hydrogens (tertiary/aromatic N) is 2. The Morgan fingerprint density at radius 1 is 1.24 bits per heavy atom. The number of hydrogen-bond acceptors (Lipinski definition) is 3. The average molecular weight is 253 g/mol. The van der Waals surface area contributed by atoms with Gasteiger partial charge in [-0.3, -0.25) is 4.79 Å². The number of hydrogen-bond donors (Lipinski definition) is 0. The van der Waals surface area contributed by atoms with E-state index in [4.69, 9.17) is 11.6 Å². The van der Waals surface area contributed by atoms with E-state index in [0.29, 0.717) is 10.6 Å². The number of halogens is 1. The van der Waals surface area contributed by atoms with E-state index in [2.05, 4.69) is 16.8 Å². The van der Waals surface area contributed by atoms with Gasteiger partial charge in [-0.05, 0) is 32.1 Å². The predicted octanol–water partition coefficient (Wildman–Crippen LogP) is 2.29. The lowest BCUT2D eigenvalue weighted by Gasteiger charge is -2.25. The van der Waals surface area contributed by atoms with Gasteiger partial charge in [-0.15, -0.1) is 0 Å². The molecule has 1 aromatic carbocycles. The molecule has 0 amide bonds. The van der Waals surface area contributed by atoms with Gasteiger partial charge in [-0.1, -0.05) is 17.7 Å². The van der Waals surface area contributed by atoms with E-state index in [1.807, 2.05) is 18.2 Å². The minimum absolute atomic E-state index is 0.666. The van der Waals surface area contributed by atoms with Gasteiger partial charge in [0.05, 0.1) is 10.7 Å². The summed E-state index contributed by atoms with van der Waals surface area (Å²) < 4.78 is 0. The highest BCUT2D eigenvalue weighted by Gasteiger charge is 2.17. The molecule has 0 aliphatic carbocycles. The third-order valence-electron chi connectivity index (χ3n) is 3.18. The van der Waals surface area contributed by atoms with Crippen LogP contribution in [0.15, 0.2) is 18.2 Å². The van der Waals surface area contributed by atoms with Crippen LogP contribution in [0.5, 0.6) is 0 Å². The summed E-state index contributed by atoms with van der Waals surface area (Å²) in [7, 11) is 2.12. The van der Waals surface area contributed by atoms with Gasteiger partial charge in [0.15, 0.2) is 6.29 Å². The second-order valence-electron chi connectivity index (χ2n) is 4.44. The molecule has 1 fully saturated rings. The van der Waals surface area contributed by atoms with E-state index < -0.39 is 0 Å². The summed E-state index contributed by atoms with van der Waals surface area (Å²) in [4.78, 5) is 15.6. The molecule has 1 saturated heterocycles. The highest BCUT2D eigenvalue weighted by atomic mass is 35.5. The van der Waals surface area contributed by atoms with E-state index >= 15 is 0 Å². The highest BCUT2D eigenvalue weighted by molar-refractivity contribution is 6.33. The fraction of sp³-hybridized carbons (Fsp3) is 0.462. The summed E-state index contributed by atoms with van der Waals surface area (Å²) in [6, 6.07) is 5.49. The zero-order valence-corrected chi connectivity index (χ0v) is 10.8. The molecule has 4 heteroatoms. The van der Waals surface area contributed by atoms with Crippen LogP contribution in [-0.4, -0.2) is 44.4 Å². The van der Waals surface area contributed by atoms with Gasteiger partial charge < -0.3 is 9.80 Å². The SMILES string of the molecule is CN1CCCN(c2c(Cl)cccc2C=O)CC1. The van der Waals surface area contributed by atoms with Gasteiger partial charge in [0.2, 0.25) is 0 Å². The van der Waals surface area contributed by atoms with Crippen molar-refractivity contribution in [3.63, 3.8) is 0 Å². The topological polar surface area (TPSA) is 23.6 Å². The van der Waals surface area contributed by atoms with Gasteiger partial charge in [0.25, 0.3) is 0 Å². The summed E-state index contributed by atoms with van der Waals surface area (Å²) in [6.45, 7) is 3.97. The summed E-state index contributed by atoms with van der Waals surface area (Å²) in [6.07, 6.45) is 1.98. The summed E-state index contributed by atoms with van der Waals surface area (Å²) in [5.74, 6) is 0. The first kappa shape index (κ1) is 12.4. The van der Waals surface area contributed by atoms with Crippen LogP contribution in [0, 0.1) is 0 Å². The number of carbonyl (C=O) groups excluding carboxylic acids is 1. The summed E-state index contributed by atoms with van der Waals surface area (Å²) >= 11 is 6.22. The molecule has 1 aliphatic rings. The molecular weight excluding hydrogens is 236 g/mol. The number of carbonyl (C=O) groups is 1. The molecule has 0 unspecified atom stereocenters. The Morgan fingerprint density at radius 2 is 2.06 bits per heavy atom. The second-order valence-corrected chi connectivity index (χ2v) is 4.85. The Balaban J connectivity index is 2.29. The van der Waals surface area contributed by atoms with Crippen LogP contribution in [0.25, 0.3) is 0 Å². The Hall–Kier alpha value is -1.06. The van der Waals surface area contributed by atoms with E-state index in [1.54, 1.807) is 0 Å². The molecule has 1 aromatic rings. The van der Waals surface area contributed by atoms with Crippen LogP contribution in [0.1, 0.15) is 16.8 Å². The Labute approximate surface area is 107 Å². The number of para-hydroxylation sites is 1. The van der Waals surface area contributed by atoms with Crippen molar-refractivity contribution < 1.29 is 4.79 Å². The number of anilines is 1. The predicted molar refractivity (Wildman–Crippen MR) is 71.2 cm³/mol. The van der Waals surface area contributed by atoms with Crippen molar-refractivity contribution in [3.05, 3.63) is 28.8 Å². The standard InChI is InChI=1S/C13H17ClN2O/c1-15-6-3-7-16(9-8-15)13-11(10-17)4-2-5-12(13)14/h2,4-5,10H,3,6-9H2,1H3. The molecule has 2 rings (SSSR count). The number of likely N-dealkylation sites (N-methyl/N-ethyl adjacent to an activating group) is 1. The van der Waals surface area contributed by atoms with Gasteiger partial charge in [-0.2, -0.15) is 0 Å². The van der Waals surface area contributed by atoms with Crippen molar-refractivity contribution in [1.82, 2.24) is 4.90 Å². The minimum Gasteiger partial charge on any atom is -0.368 e. The zero-order chi connectivity index (χ0) is 12.3. The third kappa shape index (κ3) is 2.79. The maximum atomic E-state index is 11.1. The normalized spacial score (nSPS) is 17.9. The molecule has 0 aromatic heterocycles. The lowest BCUT2D eigenvalue weighted by Crippen LogP contribution is -2.29. The lowest BCUT2D eigenvalue weighted by atomic mass is 10.1. The maximum absolute atomic E-state index is 11.1. The first-order valence-corrected chi connectivity index (χ1v) is 6.27. The molecule has 1 heterocycles. The Kier molecular flexibility index (Phi) is 4.02. The number of benzene rings is 1. The first-order valence-electron chi connectivity index (χ1n) is 5.89. The van der Waals surface area contributed by atoms with Gasteiger partial charge in [0, 0.05) is 25.2 Å². The molecule has 1 aliphatic heterocycles. The van der Waals surface area contributed by atoms with Gasteiger partial charge in [0.1, 0.15) is 0 Å². The molecule has 0 spiro atoms. The maximum Gasteiger partial charge on any atom is 0.152 e. The van der Waals surface area contributed by atoms with Gasteiger partial charge in [-0.25, -0.2) is 0 Å². The monoisotopic (exact) mass is 252 g/mol. The lowest BCUT2D eigenvalue weighted by molar-refractivity contribution is 0.112. The van der Waals surface area contributed by atoms with Crippen LogP contribution in [0.4, 0.5) is 5.69 Å². The molecule has 3 nitrogen and oxygen atoms in total. The molecule has 0 N–H and O–H groups in total. The molecule has 0 bridgehead atoms. The molecule has 0 atom stereocenters. The Morgan fingerprint density at radius 3 is 2.82 bits per heavy atom. The van der Waals surface area contributed by atoms with Crippen LogP contribution < -0.4 is 4.90 Å². The van der Waals surface area contributed by atoms with Crippen LogP contribution >= 0.6 is 11.6 Å². The van der Waals surface area contributed by atoms with E-state index in [0.717, 1.165) is 44.6 Å². The zero-order valence-electron chi connectivity index (χ0n) is 10.0. The van der Waals surface area contributed by atoms with Crippen molar-refractivity contribution >= 4 is 23.6 Å². The Bertz CT molecular complexity index is 408. The smallest absolute Gasteiger partial charge is 0.152 e. The van der Waals surface area contributed by atoms with Gasteiger partial charge >= 0.3 is 0 Å². The van der Waals surface area contributed by atoms with Crippen molar-refractivity contribution in [2.45, 2.75) is 6.42 Å². The van der Waals surface area contributed by atoms with E-state index in [9.17, 15) is 4.79 Å². The first-order chi connectivity index (χ1) is 8.22. The third-order valence-corrected chi connectivity index (χ3v) is 3.49. The largest absolute Gasteiger partial charge is 0.368 e. The number of aldehydes is 1. The fourth-order valence-corrected chi connectivity index (χ4v) is 2.53. The molecule has 17 heavy (non-hydrogen) atoms. The summed E-state index contributed by atoms with van der Waals surface area (Å²) in [5, 5.41) is 0.666. The van der Waals surface area contributed by atoms with Crippen molar-refractivity contribution in [2.24, 2.45) is 0 Å². The molecule has 92 valence electrons. The van der Waals surface area contributed by atoms with E-state index in [1.165, 1.54) is 0 Å². The average Bonchev–Trinajstić information content (AvgIpc) is 2.54. The fourth-order valence-electron chi connectivity index (χ4n) is 2.23. The number of rotatable bonds is 2. The molecule has 0 radical (unpaired) electrons. The minimum atomic E-state index is 0.666. The van der Waals surface area contributed by atoms with Crippen LogP contribution in [0.3, 0.4) is 0 Å². The van der Waals surface area contributed by atoms with Crippen LogP contribution in [-0.2, 0) is 0 Å². The van der Waals surface area contributed by atoms with Crippen molar-refractivity contribution in [3.8, 4) is 0 Å². The quantitative estimate of drug-likeness (QED) is 0.755. The van der Waals surface area contributed by atoms with E-state index in [-0.39, 0.29) is 0 Å². The molecular formula is C13H17ClN2O. The van der Waals surface area contributed by atoms with Crippen LogP contribution in [0.2, 0.25) is 5.02 Å². The second kappa shape index (κ2) is 5.52. The highest BCUT2D eigenvalue weighted by Crippen LogP contribution is 2.29.